The lowest BCUT2D eigenvalue weighted by molar-refractivity contribution is -0.132. The van der Waals surface area contributed by atoms with E-state index in [1.54, 1.807) is 11.8 Å². The van der Waals surface area contributed by atoms with Crippen LogP contribution in [-0.2, 0) is 9.59 Å². The fourth-order valence-electron chi connectivity index (χ4n) is 6.66. The van der Waals surface area contributed by atoms with Crippen LogP contribution in [0.2, 0.25) is 0 Å². The predicted molar refractivity (Wildman–Crippen MR) is 99.0 cm³/mol. The quantitative estimate of drug-likeness (QED) is 0.618. The molecule has 0 bridgehead atoms. The van der Waals surface area contributed by atoms with Crippen LogP contribution in [0.15, 0.2) is 10.5 Å². The highest BCUT2D eigenvalue weighted by Gasteiger charge is 2.59. The summed E-state index contributed by atoms with van der Waals surface area (Å²) in [7, 11) is 0. The maximum atomic E-state index is 12.5. The van der Waals surface area contributed by atoms with Gasteiger partial charge in [0.15, 0.2) is 5.78 Å². The number of carbonyl (C=O) groups is 2. The van der Waals surface area contributed by atoms with Crippen LogP contribution in [0.3, 0.4) is 0 Å². The number of alkyl halides is 1. The van der Waals surface area contributed by atoms with Crippen molar-refractivity contribution in [1.29, 1.82) is 0 Å². The molecule has 0 spiro atoms. The third-order valence-corrected chi connectivity index (χ3v) is 9.18. The molecule has 0 amide bonds. The van der Waals surface area contributed by atoms with Crippen LogP contribution in [0.1, 0.15) is 65.2 Å². The number of Topliss-reactive ketones (excluding diaryl/α,β-unsaturated/α-hetero) is 2. The third-order valence-electron chi connectivity index (χ3n) is 7.98. The molecule has 0 aromatic heterocycles. The van der Waals surface area contributed by atoms with Crippen molar-refractivity contribution >= 4 is 34.9 Å². The average Bonchev–Trinajstić information content (AvgIpc) is 2.86. The molecule has 2 nitrogen and oxygen atoms in total. The Bertz CT molecular complexity index is 627. The molecule has 0 heterocycles. The van der Waals surface area contributed by atoms with Gasteiger partial charge in [-0.15, -0.1) is 23.4 Å². The van der Waals surface area contributed by atoms with Crippen LogP contribution < -0.4 is 0 Å². The molecule has 4 aliphatic rings. The SMILES string of the molecule is C[C@]12CCC(=O)C(SCCl)=C1CC[C@@H]1[C@H]2CC[C@]2(C)C(=O)CC[C@@H]12. The Balaban J connectivity index is 1.72. The van der Waals surface area contributed by atoms with Gasteiger partial charge < -0.3 is 0 Å². The van der Waals surface area contributed by atoms with Crippen LogP contribution in [-0.4, -0.2) is 16.8 Å². The first-order valence-corrected chi connectivity index (χ1v) is 10.9. The largest absolute Gasteiger partial charge is 0.299 e. The Morgan fingerprint density at radius 2 is 1.75 bits per heavy atom. The molecule has 0 aromatic carbocycles. The smallest absolute Gasteiger partial charge is 0.169 e. The van der Waals surface area contributed by atoms with Gasteiger partial charge in [-0.3, -0.25) is 9.59 Å². The zero-order chi connectivity index (χ0) is 17.1. The topological polar surface area (TPSA) is 34.1 Å². The van der Waals surface area contributed by atoms with Gasteiger partial charge in [0.1, 0.15) is 5.78 Å². The Morgan fingerprint density at radius 3 is 2.50 bits per heavy atom. The standard InChI is InChI=1S/C20H27ClO2S/c1-19-10-8-16(22)18(24-11-21)15(19)4-3-12-13-5-6-17(23)20(13,2)9-7-14(12)19/h12-14H,3-11H2,1-2H3/t12-,13-,14+,19+,20-/m0/s1. The van der Waals surface area contributed by atoms with Gasteiger partial charge in [-0.1, -0.05) is 13.8 Å². The lowest BCUT2D eigenvalue weighted by Crippen LogP contribution is -2.51. The van der Waals surface area contributed by atoms with Crippen molar-refractivity contribution in [1.82, 2.24) is 0 Å². The highest BCUT2D eigenvalue weighted by molar-refractivity contribution is 8.05. The Kier molecular flexibility index (Phi) is 4.20. The number of thioether (sulfide) groups is 1. The fourth-order valence-corrected chi connectivity index (χ4v) is 7.87. The molecule has 4 aliphatic carbocycles. The summed E-state index contributed by atoms with van der Waals surface area (Å²) in [5.41, 5.74) is 1.49. The summed E-state index contributed by atoms with van der Waals surface area (Å²) in [5, 5.41) is 0.462. The summed E-state index contributed by atoms with van der Waals surface area (Å²) in [6, 6.07) is 0. The molecule has 4 heteroatoms. The molecule has 0 saturated heterocycles. The fraction of sp³-hybridized carbons (Fsp3) is 0.800. The van der Waals surface area contributed by atoms with Gasteiger partial charge >= 0.3 is 0 Å². The van der Waals surface area contributed by atoms with Crippen LogP contribution >= 0.6 is 23.4 Å². The van der Waals surface area contributed by atoms with E-state index in [1.807, 2.05) is 0 Å². The summed E-state index contributed by atoms with van der Waals surface area (Å²) in [4.78, 5) is 25.9. The van der Waals surface area contributed by atoms with Crippen molar-refractivity contribution in [3.63, 3.8) is 0 Å². The average molecular weight is 367 g/mol. The van der Waals surface area contributed by atoms with Gasteiger partial charge in [-0.25, -0.2) is 0 Å². The highest BCUT2D eigenvalue weighted by atomic mass is 35.5. The molecule has 0 N–H and O–H groups in total. The van der Waals surface area contributed by atoms with E-state index in [4.69, 9.17) is 11.6 Å². The number of rotatable bonds is 2. The summed E-state index contributed by atoms with van der Waals surface area (Å²) < 4.78 is 0. The van der Waals surface area contributed by atoms with E-state index in [0.29, 0.717) is 41.0 Å². The highest BCUT2D eigenvalue weighted by Crippen LogP contribution is 2.65. The van der Waals surface area contributed by atoms with Crippen LogP contribution in [0.25, 0.3) is 0 Å². The number of hydrogen-bond donors (Lipinski definition) is 0. The van der Waals surface area contributed by atoms with Crippen LogP contribution in [0.4, 0.5) is 0 Å². The van der Waals surface area contributed by atoms with Gasteiger partial charge in [0, 0.05) is 18.3 Å². The lowest BCUT2D eigenvalue weighted by Gasteiger charge is -2.57. The van der Waals surface area contributed by atoms with Crippen LogP contribution in [0, 0.1) is 28.6 Å². The summed E-state index contributed by atoms with van der Waals surface area (Å²) in [5.74, 6) is 2.70. The van der Waals surface area contributed by atoms with E-state index in [-0.39, 0.29) is 10.8 Å². The zero-order valence-electron chi connectivity index (χ0n) is 14.7. The monoisotopic (exact) mass is 366 g/mol. The number of hydrogen-bond acceptors (Lipinski definition) is 3. The minimum absolute atomic E-state index is 0.0586. The third kappa shape index (κ3) is 2.23. The van der Waals surface area contributed by atoms with Gasteiger partial charge in [-0.05, 0) is 67.3 Å². The van der Waals surface area contributed by atoms with Gasteiger partial charge in [0.05, 0.1) is 10.1 Å². The molecule has 3 fully saturated rings. The normalized spacial score (nSPS) is 45.0. The number of ketones is 2. The summed E-state index contributed by atoms with van der Waals surface area (Å²) >= 11 is 7.50. The van der Waals surface area contributed by atoms with Crippen molar-refractivity contribution in [2.75, 3.05) is 5.21 Å². The molecule has 132 valence electrons. The van der Waals surface area contributed by atoms with Gasteiger partial charge in [0.2, 0.25) is 0 Å². The van der Waals surface area contributed by atoms with E-state index in [9.17, 15) is 9.59 Å². The van der Waals surface area contributed by atoms with E-state index in [1.165, 1.54) is 5.57 Å². The van der Waals surface area contributed by atoms with Crippen molar-refractivity contribution in [2.45, 2.75) is 65.2 Å². The maximum absolute atomic E-state index is 12.5. The van der Waals surface area contributed by atoms with Crippen molar-refractivity contribution in [2.24, 2.45) is 28.6 Å². The zero-order valence-corrected chi connectivity index (χ0v) is 16.3. The summed E-state index contributed by atoms with van der Waals surface area (Å²) in [6.07, 6.45) is 7.92. The van der Waals surface area contributed by atoms with Crippen LogP contribution in [0.5, 0.6) is 0 Å². The second kappa shape index (κ2) is 5.87. The van der Waals surface area contributed by atoms with E-state index in [0.717, 1.165) is 49.9 Å². The minimum atomic E-state index is -0.0586. The number of fused-ring (bicyclic) bond motifs is 5. The molecule has 5 atom stereocenters. The molecule has 0 unspecified atom stereocenters. The molecular formula is C20H27ClO2S. The Morgan fingerprint density at radius 1 is 1.00 bits per heavy atom. The molecule has 3 saturated carbocycles. The Labute approximate surface area is 154 Å². The maximum Gasteiger partial charge on any atom is 0.169 e. The lowest BCUT2D eigenvalue weighted by atomic mass is 9.47. The molecule has 0 aliphatic heterocycles. The number of carbonyl (C=O) groups excluding carboxylic acids is 2. The number of halogens is 1. The first-order chi connectivity index (χ1) is 11.4. The first kappa shape index (κ1) is 17.1. The molecule has 4 rings (SSSR count). The minimum Gasteiger partial charge on any atom is -0.299 e. The van der Waals surface area contributed by atoms with Gasteiger partial charge in [-0.2, -0.15) is 0 Å². The first-order valence-electron chi connectivity index (χ1n) is 9.40. The van der Waals surface area contributed by atoms with Crippen molar-refractivity contribution in [3.05, 3.63) is 10.5 Å². The molecule has 0 radical (unpaired) electrons. The number of allylic oxidation sites excluding steroid dienone is 1. The second-order valence-corrected chi connectivity index (χ2v) is 10.3. The molecule has 24 heavy (non-hydrogen) atoms. The van der Waals surface area contributed by atoms with Crippen molar-refractivity contribution in [3.8, 4) is 0 Å². The Hall–Kier alpha value is -0.280. The van der Waals surface area contributed by atoms with E-state index >= 15 is 0 Å². The molecular weight excluding hydrogens is 340 g/mol. The summed E-state index contributed by atoms with van der Waals surface area (Å²) in [6.45, 7) is 4.63. The van der Waals surface area contributed by atoms with E-state index in [2.05, 4.69) is 13.8 Å². The van der Waals surface area contributed by atoms with Gasteiger partial charge in [0.25, 0.3) is 0 Å². The van der Waals surface area contributed by atoms with Crippen molar-refractivity contribution < 1.29 is 9.59 Å². The molecule has 0 aromatic rings. The predicted octanol–water partition coefficient (Wildman–Crippen LogP) is 5.34. The second-order valence-electron chi connectivity index (χ2n) is 8.74. The van der Waals surface area contributed by atoms with E-state index < -0.39 is 0 Å².